The summed E-state index contributed by atoms with van der Waals surface area (Å²) >= 11 is 6.92. The molecule has 9 heteroatoms. The van der Waals surface area contributed by atoms with Crippen molar-refractivity contribution in [3.8, 4) is 11.5 Å². The van der Waals surface area contributed by atoms with Gasteiger partial charge in [0.25, 0.3) is 0 Å². The number of nitrogen functional groups attached to an aromatic ring is 1. The fraction of sp³-hybridized carbons (Fsp3) is 0.286. The van der Waals surface area contributed by atoms with Crippen molar-refractivity contribution in [2.24, 2.45) is 5.73 Å². The zero-order valence-corrected chi connectivity index (χ0v) is 23.5. The van der Waals surface area contributed by atoms with Crippen LogP contribution in [0.1, 0.15) is 30.4 Å². The summed E-state index contributed by atoms with van der Waals surface area (Å²) in [5.74, 6) is 1.21. The molecule has 0 unspecified atom stereocenters. The van der Waals surface area contributed by atoms with Crippen molar-refractivity contribution in [2.75, 3.05) is 12.3 Å². The van der Waals surface area contributed by atoms with Crippen LogP contribution in [-0.2, 0) is 22.6 Å². The van der Waals surface area contributed by atoms with Crippen molar-refractivity contribution in [2.45, 2.75) is 44.3 Å². The zero-order valence-electron chi connectivity index (χ0n) is 20.3. The van der Waals surface area contributed by atoms with Gasteiger partial charge >= 0.3 is 0 Å². The third-order valence-electron chi connectivity index (χ3n) is 6.34. The molecule has 0 aromatic heterocycles. The maximum Gasteiger partial charge on any atom is 0.246 e. The summed E-state index contributed by atoms with van der Waals surface area (Å²) in [5.41, 5.74) is 14.1. The van der Waals surface area contributed by atoms with E-state index in [1.165, 1.54) is 0 Å². The van der Waals surface area contributed by atoms with Crippen molar-refractivity contribution in [3.63, 3.8) is 0 Å². The Hall–Kier alpha value is -2.88. The summed E-state index contributed by atoms with van der Waals surface area (Å²) in [6.45, 7) is 0.880. The lowest BCUT2D eigenvalue weighted by Crippen LogP contribution is -2.63. The van der Waals surface area contributed by atoms with Crippen LogP contribution >= 0.6 is 31.9 Å². The topological polar surface area (TPSA) is 111 Å². The van der Waals surface area contributed by atoms with Crippen molar-refractivity contribution in [3.05, 3.63) is 86.8 Å². The van der Waals surface area contributed by atoms with Crippen molar-refractivity contribution >= 4 is 49.4 Å². The van der Waals surface area contributed by atoms with E-state index < -0.39 is 12.1 Å². The Bertz CT molecular complexity index is 1210. The normalized spacial score (nSPS) is 17.5. The minimum absolute atomic E-state index is 0.106. The van der Waals surface area contributed by atoms with Crippen molar-refractivity contribution in [1.82, 2.24) is 10.2 Å². The predicted octanol–water partition coefficient (Wildman–Crippen LogP) is 5.15. The van der Waals surface area contributed by atoms with E-state index in [0.29, 0.717) is 37.4 Å². The van der Waals surface area contributed by atoms with Crippen LogP contribution in [0.15, 0.2) is 75.7 Å². The van der Waals surface area contributed by atoms with E-state index >= 15 is 0 Å². The Balaban J connectivity index is 1.52. The molecule has 3 aromatic rings. The number of anilines is 1. The number of nitrogens with zero attached hydrogens (tertiary/aromatic N) is 1. The number of halogens is 2. The number of para-hydroxylation sites is 1. The number of hydrogen-bond donors (Lipinski definition) is 3. The summed E-state index contributed by atoms with van der Waals surface area (Å²) in [7, 11) is 0. The number of benzene rings is 3. The van der Waals surface area contributed by atoms with Crippen LogP contribution in [0.5, 0.6) is 11.5 Å². The van der Waals surface area contributed by atoms with Gasteiger partial charge in [-0.3, -0.25) is 9.59 Å². The molecule has 1 aliphatic heterocycles. The fourth-order valence-electron chi connectivity index (χ4n) is 4.39. The molecule has 0 saturated carbocycles. The number of unbranched alkanes of at least 4 members (excludes halogenated alkanes) is 1. The molecule has 1 heterocycles. The molecule has 2 atom stereocenters. The van der Waals surface area contributed by atoms with Gasteiger partial charge in [-0.05, 0) is 105 Å². The van der Waals surface area contributed by atoms with Gasteiger partial charge in [-0.15, -0.1) is 0 Å². The maximum atomic E-state index is 13.7. The van der Waals surface area contributed by atoms with Crippen LogP contribution in [0, 0.1) is 0 Å². The van der Waals surface area contributed by atoms with Crippen LogP contribution in [0.3, 0.4) is 0 Å². The quantitative estimate of drug-likeness (QED) is 0.212. The van der Waals surface area contributed by atoms with Gasteiger partial charge in [-0.25, -0.2) is 0 Å². The summed E-state index contributed by atoms with van der Waals surface area (Å²) in [6, 6.07) is 19.7. The minimum atomic E-state index is -0.665. The van der Waals surface area contributed by atoms with Crippen LogP contribution in [0.25, 0.3) is 0 Å². The largest absolute Gasteiger partial charge is 0.457 e. The van der Waals surface area contributed by atoms with Gasteiger partial charge in [0, 0.05) is 21.9 Å². The Labute approximate surface area is 233 Å². The first kappa shape index (κ1) is 27.2. The summed E-state index contributed by atoms with van der Waals surface area (Å²) < 4.78 is 7.36. The Morgan fingerprint density at radius 3 is 2.19 bits per heavy atom. The fourth-order valence-corrected chi connectivity index (χ4v) is 5.68. The summed E-state index contributed by atoms with van der Waals surface area (Å²) in [5, 5.41) is 2.95. The maximum absolute atomic E-state index is 13.7. The first-order chi connectivity index (χ1) is 17.9. The summed E-state index contributed by atoms with van der Waals surface area (Å²) in [4.78, 5) is 28.6. The van der Waals surface area contributed by atoms with Crippen LogP contribution in [0.4, 0.5) is 5.69 Å². The van der Waals surface area contributed by atoms with Crippen molar-refractivity contribution < 1.29 is 14.3 Å². The van der Waals surface area contributed by atoms with Crippen LogP contribution in [0.2, 0.25) is 0 Å². The third kappa shape index (κ3) is 6.91. The highest BCUT2D eigenvalue weighted by Crippen LogP contribution is 2.31. The average molecular weight is 630 g/mol. The number of piperazine rings is 1. The molecule has 37 heavy (non-hydrogen) atoms. The third-order valence-corrected chi connectivity index (χ3v) is 7.65. The Morgan fingerprint density at radius 2 is 1.54 bits per heavy atom. The van der Waals surface area contributed by atoms with Crippen LogP contribution in [-0.4, -0.2) is 35.3 Å². The molecular formula is C28H30Br2N4O3. The number of carbonyl (C=O) groups excluding carboxylic acids is 2. The number of hydrogen-bond acceptors (Lipinski definition) is 5. The molecule has 0 bridgehead atoms. The highest BCUT2D eigenvalue weighted by atomic mass is 79.9. The number of carbonyl (C=O) groups is 2. The highest BCUT2D eigenvalue weighted by molar-refractivity contribution is 9.11. The molecule has 194 valence electrons. The van der Waals surface area contributed by atoms with Gasteiger partial charge in [0.1, 0.15) is 23.6 Å². The molecule has 5 N–H and O–H groups in total. The van der Waals surface area contributed by atoms with E-state index in [0.717, 1.165) is 38.7 Å². The van der Waals surface area contributed by atoms with E-state index in [2.05, 4.69) is 37.2 Å². The van der Waals surface area contributed by atoms with E-state index in [9.17, 15) is 9.59 Å². The predicted molar refractivity (Wildman–Crippen MR) is 152 cm³/mol. The number of rotatable bonds is 10. The molecule has 2 amide bonds. The molecule has 0 radical (unpaired) electrons. The Morgan fingerprint density at radius 1 is 0.892 bits per heavy atom. The second kappa shape index (κ2) is 12.6. The molecule has 7 nitrogen and oxygen atoms in total. The minimum Gasteiger partial charge on any atom is -0.457 e. The lowest BCUT2D eigenvalue weighted by Gasteiger charge is -2.39. The standard InChI is InChI=1S/C28H30Br2N4O3/c29-22-14-19(15-23(30)26(22)32)16-24-28(36)34(25(27(35)33-24)8-4-5-13-31)17-18-9-11-21(12-10-18)37-20-6-2-1-3-7-20/h1-3,6-7,9-12,14-15,24-25H,4-5,8,13,16-17,31-32H2,(H,33,35)/t24-,25-/m0/s1. The number of nitrogens with two attached hydrogens (primary N) is 2. The van der Waals surface area contributed by atoms with Gasteiger partial charge in [0.15, 0.2) is 0 Å². The molecule has 4 rings (SSSR count). The molecule has 0 spiro atoms. The van der Waals surface area contributed by atoms with Gasteiger partial charge in [-0.2, -0.15) is 0 Å². The van der Waals surface area contributed by atoms with Crippen molar-refractivity contribution in [1.29, 1.82) is 0 Å². The smallest absolute Gasteiger partial charge is 0.246 e. The van der Waals surface area contributed by atoms with Gasteiger partial charge in [0.2, 0.25) is 11.8 Å². The zero-order chi connectivity index (χ0) is 26.4. The number of ether oxygens (including phenoxy) is 1. The molecular weight excluding hydrogens is 600 g/mol. The van der Waals surface area contributed by atoms with Gasteiger partial charge in [0.05, 0.1) is 5.69 Å². The second-order valence-corrected chi connectivity index (χ2v) is 10.8. The molecule has 3 aromatic carbocycles. The second-order valence-electron chi connectivity index (χ2n) is 9.06. The first-order valence-corrected chi connectivity index (χ1v) is 13.8. The number of amides is 2. The lowest BCUT2D eigenvalue weighted by atomic mass is 9.96. The highest BCUT2D eigenvalue weighted by Gasteiger charge is 2.40. The van der Waals surface area contributed by atoms with E-state index in [1.54, 1.807) is 4.90 Å². The first-order valence-electron chi connectivity index (χ1n) is 12.2. The molecule has 1 saturated heterocycles. The van der Waals surface area contributed by atoms with Gasteiger partial charge < -0.3 is 26.4 Å². The van der Waals surface area contributed by atoms with E-state index in [4.69, 9.17) is 16.2 Å². The van der Waals surface area contributed by atoms with E-state index in [-0.39, 0.29) is 11.8 Å². The SMILES string of the molecule is NCCCC[C@H]1C(=O)N[C@@H](Cc2cc(Br)c(N)c(Br)c2)C(=O)N1Cc1ccc(Oc2ccccc2)cc1. The lowest BCUT2D eigenvalue weighted by molar-refractivity contribution is -0.150. The molecule has 1 aliphatic rings. The monoisotopic (exact) mass is 628 g/mol. The van der Waals surface area contributed by atoms with Crippen LogP contribution < -0.4 is 21.5 Å². The average Bonchev–Trinajstić information content (AvgIpc) is 2.89. The molecule has 0 aliphatic carbocycles. The number of nitrogens with one attached hydrogen (secondary N) is 1. The van der Waals surface area contributed by atoms with E-state index in [1.807, 2.05) is 66.7 Å². The Kier molecular flexibility index (Phi) is 9.23. The van der Waals surface area contributed by atoms with Gasteiger partial charge in [-0.1, -0.05) is 30.3 Å². The summed E-state index contributed by atoms with van der Waals surface area (Å²) in [6.07, 6.45) is 2.49. The molecule has 1 fully saturated rings.